The highest BCUT2D eigenvalue weighted by atomic mass is 16.5. The average molecular weight is 397 g/mol. The van der Waals surface area contributed by atoms with Crippen molar-refractivity contribution in [1.82, 2.24) is 9.55 Å². The predicted octanol–water partition coefficient (Wildman–Crippen LogP) is 5.34. The number of ether oxygens (including phenoxy) is 1. The Hall–Kier alpha value is -4.11. The van der Waals surface area contributed by atoms with E-state index in [9.17, 15) is 9.90 Å². The Morgan fingerprint density at radius 1 is 1.17 bits per heavy atom. The number of hydrogen-bond donors (Lipinski definition) is 1. The summed E-state index contributed by atoms with van der Waals surface area (Å²) in [6.45, 7) is 9.68. The first-order chi connectivity index (χ1) is 14.6. The molecule has 6 nitrogen and oxygen atoms in total. The molecule has 2 aromatic heterocycles. The third kappa shape index (κ3) is 3.74. The molecule has 0 bridgehead atoms. The van der Waals surface area contributed by atoms with Crippen LogP contribution in [0.2, 0.25) is 0 Å². The van der Waals surface area contributed by atoms with Crippen LogP contribution in [0.5, 0.6) is 5.75 Å². The second kappa shape index (κ2) is 8.10. The van der Waals surface area contributed by atoms with Crippen LogP contribution in [0.1, 0.15) is 16.1 Å². The van der Waals surface area contributed by atoms with Gasteiger partial charge in [-0.3, -0.25) is 4.98 Å². The largest absolute Gasteiger partial charge is 0.492 e. The number of carbonyl (C=O) groups is 1. The standard InChI is InChI=1S/C24H19N3O3/c1-16-4-3-5-17(14-16)23-20-15-22(24(28)29)27(21(20)10-11-26-23)12-13-30-19-8-6-18(25-2)7-9-19/h3-11,14-15H,12-13H2,1H3,(H,28,29). The Morgan fingerprint density at radius 2 is 1.97 bits per heavy atom. The topological polar surface area (TPSA) is 68.7 Å². The molecule has 4 aromatic rings. The number of benzene rings is 2. The molecular weight excluding hydrogens is 378 g/mol. The molecule has 0 fully saturated rings. The molecule has 0 atom stereocenters. The highest BCUT2D eigenvalue weighted by Gasteiger charge is 2.18. The molecule has 0 aliphatic heterocycles. The normalized spacial score (nSPS) is 10.7. The van der Waals surface area contributed by atoms with Gasteiger partial charge in [0.25, 0.3) is 0 Å². The van der Waals surface area contributed by atoms with Crippen molar-refractivity contribution < 1.29 is 14.6 Å². The van der Waals surface area contributed by atoms with Crippen molar-refractivity contribution in [2.75, 3.05) is 6.61 Å². The van der Waals surface area contributed by atoms with Gasteiger partial charge in [0, 0.05) is 17.1 Å². The van der Waals surface area contributed by atoms with Crippen molar-refractivity contribution in [3.8, 4) is 17.0 Å². The van der Waals surface area contributed by atoms with E-state index in [0.717, 1.165) is 27.7 Å². The van der Waals surface area contributed by atoms with Gasteiger partial charge in [-0.05, 0) is 37.3 Å². The first-order valence-corrected chi connectivity index (χ1v) is 9.46. The zero-order chi connectivity index (χ0) is 21.1. The fourth-order valence-corrected chi connectivity index (χ4v) is 3.50. The summed E-state index contributed by atoms with van der Waals surface area (Å²) in [4.78, 5) is 19.8. The van der Waals surface area contributed by atoms with E-state index in [1.807, 2.05) is 37.3 Å². The Kier molecular flexibility index (Phi) is 5.19. The van der Waals surface area contributed by atoms with Crippen LogP contribution in [0.15, 0.2) is 66.9 Å². The molecule has 6 heteroatoms. The van der Waals surface area contributed by atoms with Crippen LogP contribution in [0, 0.1) is 13.5 Å². The number of pyridine rings is 1. The average Bonchev–Trinajstić information content (AvgIpc) is 3.13. The summed E-state index contributed by atoms with van der Waals surface area (Å²) in [5.41, 5.74) is 4.36. The summed E-state index contributed by atoms with van der Waals surface area (Å²) in [5.74, 6) is -0.361. The Bertz CT molecular complexity index is 1270. The van der Waals surface area contributed by atoms with Crippen LogP contribution in [-0.2, 0) is 6.54 Å². The maximum atomic E-state index is 11.9. The summed E-state index contributed by atoms with van der Waals surface area (Å²) in [6.07, 6.45) is 1.70. The molecule has 0 saturated heterocycles. The maximum absolute atomic E-state index is 11.9. The van der Waals surface area contributed by atoms with Gasteiger partial charge in [0.05, 0.1) is 24.3 Å². The number of carboxylic acids is 1. The number of nitrogens with zero attached hydrogens (tertiary/aromatic N) is 3. The summed E-state index contributed by atoms with van der Waals surface area (Å²) in [6, 6.07) is 18.3. The van der Waals surface area contributed by atoms with Gasteiger partial charge < -0.3 is 14.4 Å². The number of aromatic nitrogens is 2. The van der Waals surface area contributed by atoms with Gasteiger partial charge in [-0.1, -0.05) is 35.9 Å². The lowest BCUT2D eigenvalue weighted by molar-refractivity contribution is 0.0684. The molecule has 0 radical (unpaired) electrons. The molecule has 0 unspecified atom stereocenters. The van der Waals surface area contributed by atoms with E-state index in [1.54, 1.807) is 41.1 Å². The summed E-state index contributed by atoms with van der Waals surface area (Å²) in [5, 5.41) is 10.5. The molecule has 0 spiro atoms. The molecule has 4 rings (SSSR count). The van der Waals surface area contributed by atoms with E-state index < -0.39 is 5.97 Å². The zero-order valence-electron chi connectivity index (χ0n) is 16.4. The van der Waals surface area contributed by atoms with E-state index in [1.165, 1.54) is 0 Å². The van der Waals surface area contributed by atoms with Gasteiger partial charge >= 0.3 is 5.97 Å². The number of carboxylic acid groups (broad SMARTS) is 1. The van der Waals surface area contributed by atoms with E-state index in [2.05, 4.69) is 9.83 Å². The monoisotopic (exact) mass is 397 g/mol. The van der Waals surface area contributed by atoms with Crippen molar-refractivity contribution >= 4 is 22.6 Å². The van der Waals surface area contributed by atoms with Gasteiger partial charge in [0.15, 0.2) is 5.69 Å². The highest BCUT2D eigenvalue weighted by molar-refractivity contribution is 6.00. The van der Waals surface area contributed by atoms with Crippen molar-refractivity contribution in [2.45, 2.75) is 13.5 Å². The smallest absolute Gasteiger partial charge is 0.352 e. The highest BCUT2D eigenvalue weighted by Crippen LogP contribution is 2.30. The second-order valence-electron chi connectivity index (χ2n) is 6.90. The minimum Gasteiger partial charge on any atom is -0.492 e. The van der Waals surface area contributed by atoms with Gasteiger partial charge in [-0.15, -0.1) is 0 Å². The van der Waals surface area contributed by atoms with Crippen LogP contribution >= 0.6 is 0 Å². The number of hydrogen-bond acceptors (Lipinski definition) is 3. The summed E-state index contributed by atoms with van der Waals surface area (Å²) < 4.78 is 7.50. The first-order valence-electron chi connectivity index (χ1n) is 9.46. The fraction of sp³-hybridized carbons (Fsp3) is 0.125. The molecule has 0 amide bonds. The Morgan fingerprint density at radius 3 is 2.67 bits per heavy atom. The number of aryl methyl sites for hydroxylation is 1. The maximum Gasteiger partial charge on any atom is 0.352 e. The lowest BCUT2D eigenvalue weighted by atomic mass is 10.1. The van der Waals surface area contributed by atoms with Crippen LogP contribution in [0.3, 0.4) is 0 Å². The molecule has 2 heterocycles. The lowest BCUT2D eigenvalue weighted by Gasteiger charge is -2.11. The molecule has 0 aliphatic rings. The molecule has 30 heavy (non-hydrogen) atoms. The predicted molar refractivity (Wildman–Crippen MR) is 115 cm³/mol. The van der Waals surface area contributed by atoms with Gasteiger partial charge in [-0.2, -0.15) is 0 Å². The fourth-order valence-electron chi connectivity index (χ4n) is 3.50. The van der Waals surface area contributed by atoms with Crippen molar-refractivity contribution in [1.29, 1.82) is 0 Å². The lowest BCUT2D eigenvalue weighted by Crippen LogP contribution is -2.13. The quantitative estimate of drug-likeness (QED) is 0.446. The van der Waals surface area contributed by atoms with E-state index in [4.69, 9.17) is 11.3 Å². The number of rotatable bonds is 6. The van der Waals surface area contributed by atoms with Gasteiger partial charge in [-0.25, -0.2) is 9.64 Å². The van der Waals surface area contributed by atoms with Crippen molar-refractivity contribution in [3.05, 3.63) is 89.5 Å². The molecule has 0 aliphatic carbocycles. The Balaban J connectivity index is 1.66. The van der Waals surface area contributed by atoms with Crippen LogP contribution in [0.25, 0.3) is 27.0 Å². The van der Waals surface area contributed by atoms with Crippen molar-refractivity contribution in [2.24, 2.45) is 0 Å². The second-order valence-corrected chi connectivity index (χ2v) is 6.90. The minimum absolute atomic E-state index is 0.193. The van der Waals surface area contributed by atoms with Crippen LogP contribution in [0.4, 0.5) is 5.69 Å². The third-order valence-electron chi connectivity index (χ3n) is 4.89. The van der Waals surface area contributed by atoms with Gasteiger partial charge in [0.2, 0.25) is 0 Å². The molecule has 0 saturated carbocycles. The molecular formula is C24H19N3O3. The minimum atomic E-state index is -0.997. The van der Waals surface area contributed by atoms with E-state index in [-0.39, 0.29) is 5.69 Å². The third-order valence-corrected chi connectivity index (χ3v) is 4.89. The number of fused-ring (bicyclic) bond motifs is 1. The summed E-state index contributed by atoms with van der Waals surface area (Å²) >= 11 is 0. The van der Waals surface area contributed by atoms with Crippen LogP contribution in [-0.4, -0.2) is 27.2 Å². The molecule has 2 aromatic carbocycles. The Labute approximate surface area is 173 Å². The zero-order valence-corrected chi connectivity index (χ0v) is 16.4. The van der Waals surface area contributed by atoms with E-state index in [0.29, 0.717) is 24.6 Å². The van der Waals surface area contributed by atoms with Crippen LogP contribution < -0.4 is 4.74 Å². The first kappa shape index (κ1) is 19.2. The van der Waals surface area contributed by atoms with Gasteiger partial charge in [0.1, 0.15) is 18.1 Å². The SMILES string of the molecule is [C-]#[N+]c1ccc(OCCn2c(C(=O)O)cc3c(-c4cccc(C)c4)nccc32)cc1. The van der Waals surface area contributed by atoms with Crippen molar-refractivity contribution in [3.63, 3.8) is 0 Å². The molecule has 148 valence electrons. The number of aromatic carboxylic acids is 1. The van der Waals surface area contributed by atoms with E-state index >= 15 is 0 Å². The molecule has 1 N–H and O–H groups in total. The summed E-state index contributed by atoms with van der Waals surface area (Å²) in [7, 11) is 0.